The van der Waals surface area contributed by atoms with Crippen LogP contribution in [0, 0.1) is 11.6 Å². The van der Waals surface area contributed by atoms with Crippen LogP contribution in [0.5, 0.6) is 11.5 Å². The molecule has 3 aromatic carbocycles. The zero-order chi connectivity index (χ0) is 27.5. The second-order valence-corrected chi connectivity index (χ2v) is 9.05. The molecule has 1 fully saturated rings. The van der Waals surface area contributed by atoms with E-state index in [4.69, 9.17) is 14.2 Å². The number of halogens is 2. The third-order valence-corrected chi connectivity index (χ3v) is 6.03. The molecule has 1 atom stereocenters. The largest absolute Gasteiger partial charge is 0.457 e. The van der Waals surface area contributed by atoms with Crippen molar-refractivity contribution < 1.29 is 32.6 Å². The van der Waals surface area contributed by atoms with Crippen molar-refractivity contribution >= 4 is 17.5 Å². The average Bonchev–Trinajstić information content (AvgIpc) is 2.94. The molecule has 8 nitrogen and oxygen atoms in total. The van der Waals surface area contributed by atoms with Gasteiger partial charge in [0.15, 0.2) is 0 Å². The Bertz CT molecular complexity index is 1200. The number of nitrogens with zero attached hydrogens (tertiary/aromatic N) is 1. The number of amides is 2. The number of benzene rings is 3. The monoisotopic (exact) mass is 539 g/mol. The lowest BCUT2D eigenvalue weighted by Gasteiger charge is -2.27. The molecule has 0 spiro atoms. The first-order valence-corrected chi connectivity index (χ1v) is 12.7. The van der Waals surface area contributed by atoms with Crippen LogP contribution in [0.3, 0.4) is 0 Å². The zero-order valence-corrected chi connectivity index (χ0v) is 21.4. The maximum absolute atomic E-state index is 13.1. The molecule has 1 aliphatic heterocycles. The Morgan fingerprint density at radius 2 is 1.46 bits per heavy atom. The van der Waals surface area contributed by atoms with Crippen LogP contribution in [0.15, 0.2) is 72.8 Å². The Labute approximate surface area is 225 Å². The Hall–Kier alpha value is -3.86. The van der Waals surface area contributed by atoms with Crippen molar-refractivity contribution in [3.05, 3.63) is 90.0 Å². The number of morpholine rings is 1. The van der Waals surface area contributed by atoms with Gasteiger partial charge in [0, 0.05) is 25.4 Å². The Kier molecular flexibility index (Phi) is 10.4. The summed E-state index contributed by atoms with van der Waals surface area (Å²) < 4.78 is 42.9. The molecule has 0 saturated carbocycles. The van der Waals surface area contributed by atoms with E-state index >= 15 is 0 Å². The lowest BCUT2D eigenvalue weighted by atomic mass is 10.1. The van der Waals surface area contributed by atoms with Crippen LogP contribution >= 0.6 is 0 Å². The summed E-state index contributed by atoms with van der Waals surface area (Å²) in [5.74, 6) is -0.330. The van der Waals surface area contributed by atoms with E-state index in [0.717, 1.165) is 5.56 Å². The number of hydrogen-bond donors (Lipinski definition) is 2. The SMILES string of the molecule is O=C(CN1CCOCC1)NC(CCOCc1ccc(F)cc1)C(=O)Nc1ccc(Oc2ccc(F)cc2)cc1. The number of carbonyl (C=O) groups excluding carboxylic acids is 2. The highest BCUT2D eigenvalue weighted by molar-refractivity contribution is 5.97. The molecule has 0 aromatic heterocycles. The van der Waals surface area contributed by atoms with Gasteiger partial charge < -0.3 is 24.8 Å². The molecule has 1 aliphatic rings. The highest BCUT2D eigenvalue weighted by Gasteiger charge is 2.23. The first-order valence-electron chi connectivity index (χ1n) is 12.7. The molecule has 2 N–H and O–H groups in total. The predicted octanol–water partition coefficient (Wildman–Crippen LogP) is 4.12. The maximum Gasteiger partial charge on any atom is 0.247 e. The number of anilines is 1. The molecule has 1 saturated heterocycles. The van der Waals surface area contributed by atoms with Crippen LogP contribution in [-0.2, 0) is 25.7 Å². The molecule has 1 unspecified atom stereocenters. The number of hydrogen-bond acceptors (Lipinski definition) is 6. The summed E-state index contributed by atoms with van der Waals surface area (Å²) in [6.45, 7) is 3.06. The van der Waals surface area contributed by atoms with Gasteiger partial charge in [0.05, 0.1) is 26.4 Å². The number of nitrogens with one attached hydrogen (secondary N) is 2. The summed E-state index contributed by atoms with van der Waals surface area (Å²) >= 11 is 0. The second-order valence-electron chi connectivity index (χ2n) is 9.05. The lowest BCUT2D eigenvalue weighted by Crippen LogP contribution is -2.49. The van der Waals surface area contributed by atoms with Crippen LogP contribution < -0.4 is 15.4 Å². The average molecular weight is 540 g/mol. The molecule has 1 heterocycles. The van der Waals surface area contributed by atoms with Gasteiger partial charge in [0.1, 0.15) is 29.2 Å². The first kappa shape index (κ1) is 28.2. The summed E-state index contributed by atoms with van der Waals surface area (Å²) in [5, 5.41) is 5.65. The Morgan fingerprint density at radius 1 is 0.872 bits per heavy atom. The summed E-state index contributed by atoms with van der Waals surface area (Å²) in [4.78, 5) is 27.8. The van der Waals surface area contributed by atoms with E-state index in [1.165, 1.54) is 36.4 Å². The molecule has 0 aliphatic carbocycles. The molecule has 10 heteroatoms. The van der Waals surface area contributed by atoms with Crippen molar-refractivity contribution in [2.45, 2.75) is 19.1 Å². The van der Waals surface area contributed by atoms with E-state index in [1.54, 1.807) is 36.4 Å². The van der Waals surface area contributed by atoms with Gasteiger partial charge in [0.25, 0.3) is 0 Å². The molecule has 206 valence electrons. The highest BCUT2D eigenvalue weighted by atomic mass is 19.1. The van der Waals surface area contributed by atoms with Crippen molar-refractivity contribution in [1.82, 2.24) is 10.2 Å². The Morgan fingerprint density at radius 3 is 2.10 bits per heavy atom. The summed E-state index contributed by atoms with van der Waals surface area (Å²) in [7, 11) is 0. The summed E-state index contributed by atoms with van der Waals surface area (Å²) in [6.07, 6.45) is 0.244. The van der Waals surface area contributed by atoms with Gasteiger partial charge >= 0.3 is 0 Å². The van der Waals surface area contributed by atoms with E-state index in [2.05, 4.69) is 10.6 Å². The van der Waals surface area contributed by atoms with Gasteiger partial charge in [0.2, 0.25) is 11.8 Å². The third kappa shape index (κ3) is 9.43. The normalized spacial score (nSPS) is 14.4. The van der Waals surface area contributed by atoms with Crippen LogP contribution in [0.2, 0.25) is 0 Å². The van der Waals surface area contributed by atoms with Gasteiger partial charge in [-0.05, 0) is 72.6 Å². The van der Waals surface area contributed by atoms with Crippen molar-refractivity contribution in [3.8, 4) is 11.5 Å². The molecular formula is C29H31F2N3O5. The van der Waals surface area contributed by atoms with Gasteiger partial charge in [-0.1, -0.05) is 12.1 Å². The Balaban J connectivity index is 1.32. The summed E-state index contributed by atoms with van der Waals surface area (Å²) in [5.41, 5.74) is 1.32. The van der Waals surface area contributed by atoms with E-state index in [-0.39, 0.29) is 49.6 Å². The number of carbonyl (C=O) groups is 2. The van der Waals surface area contributed by atoms with Crippen molar-refractivity contribution in [3.63, 3.8) is 0 Å². The van der Waals surface area contributed by atoms with E-state index in [0.29, 0.717) is 43.5 Å². The quantitative estimate of drug-likeness (QED) is 0.337. The van der Waals surface area contributed by atoms with Gasteiger partial charge in [-0.3, -0.25) is 14.5 Å². The smallest absolute Gasteiger partial charge is 0.247 e. The topological polar surface area (TPSA) is 89.1 Å². The van der Waals surface area contributed by atoms with E-state index < -0.39 is 6.04 Å². The minimum absolute atomic E-state index is 0.166. The van der Waals surface area contributed by atoms with Gasteiger partial charge in [-0.25, -0.2) is 8.78 Å². The van der Waals surface area contributed by atoms with Crippen LogP contribution in [0.25, 0.3) is 0 Å². The molecule has 0 radical (unpaired) electrons. The van der Waals surface area contributed by atoms with Crippen molar-refractivity contribution in [1.29, 1.82) is 0 Å². The fraction of sp³-hybridized carbons (Fsp3) is 0.310. The third-order valence-electron chi connectivity index (χ3n) is 6.03. The van der Waals surface area contributed by atoms with Gasteiger partial charge in [-0.2, -0.15) is 0 Å². The predicted molar refractivity (Wildman–Crippen MR) is 141 cm³/mol. The second kappa shape index (κ2) is 14.3. The number of rotatable bonds is 12. The minimum Gasteiger partial charge on any atom is -0.457 e. The van der Waals surface area contributed by atoms with Crippen molar-refractivity contribution in [2.24, 2.45) is 0 Å². The van der Waals surface area contributed by atoms with E-state index in [9.17, 15) is 18.4 Å². The fourth-order valence-electron chi connectivity index (χ4n) is 3.92. The lowest BCUT2D eigenvalue weighted by molar-refractivity contribution is -0.128. The van der Waals surface area contributed by atoms with Gasteiger partial charge in [-0.15, -0.1) is 0 Å². The fourth-order valence-corrected chi connectivity index (χ4v) is 3.92. The first-order chi connectivity index (χ1) is 18.9. The zero-order valence-electron chi connectivity index (χ0n) is 21.4. The van der Waals surface area contributed by atoms with Crippen LogP contribution in [-0.4, -0.2) is 62.2 Å². The molecule has 2 amide bonds. The van der Waals surface area contributed by atoms with Crippen molar-refractivity contribution in [2.75, 3.05) is 44.8 Å². The number of ether oxygens (including phenoxy) is 3. The molecule has 4 rings (SSSR count). The standard InChI is InChI=1S/C29H31F2N3O5/c30-22-3-1-21(2-4-22)20-38-16-13-27(33-28(35)19-34-14-17-37-18-15-34)29(36)32-24-7-11-26(12-8-24)39-25-9-5-23(31)6-10-25/h1-12,27H,13-20H2,(H,32,36)(H,33,35). The molecule has 0 bridgehead atoms. The van der Waals surface area contributed by atoms with Crippen LogP contribution in [0.4, 0.5) is 14.5 Å². The van der Waals surface area contributed by atoms with E-state index in [1.807, 2.05) is 4.90 Å². The minimum atomic E-state index is -0.832. The molecular weight excluding hydrogens is 508 g/mol. The van der Waals surface area contributed by atoms with Crippen LogP contribution in [0.1, 0.15) is 12.0 Å². The highest BCUT2D eigenvalue weighted by Crippen LogP contribution is 2.23. The maximum atomic E-state index is 13.1. The molecule has 39 heavy (non-hydrogen) atoms. The summed E-state index contributed by atoms with van der Waals surface area (Å²) in [6, 6.07) is 17.5. The molecule has 3 aromatic rings.